The number of rotatable bonds is 4. The summed E-state index contributed by atoms with van der Waals surface area (Å²) in [4.78, 5) is 0. The summed E-state index contributed by atoms with van der Waals surface area (Å²) in [6, 6.07) is 8.65. The third-order valence-electron chi connectivity index (χ3n) is 1.94. The van der Waals surface area contributed by atoms with E-state index in [0.717, 1.165) is 13.0 Å². The summed E-state index contributed by atoms with van der Waals surface area (Å²) in [5, 5.41) is 3.35. The summed E-state index contributed by atoms with van der Waals surface area (Å²) in [5.74, 6) is 0. The Hall–Kier alpha value is -0.980. The van der Waals surface area contributed by atoms with Gasteiger partial charge in [-0.3, -0.25) is 0 Å². The van der Waals surface area contributed by atoms with Gasteiger partial charge in [0.25, 0.3) is 0 Å². The van der Waals surface area contributed by atoms with Crippen molar-refractivity contribution in [3.63, 3.8) is 0 Å². The molecule has 1 rings (SSSR count). The molecule has 1 nitrogen and oxygen atoms in total. The fourth-order valence-corrected chi connectivity index (χ4v) is 1.13. The van der Waals surface area contributed by atoms with E-state index in [2.05, 4.69) is 43.4 Å². The van der Waals surface area contributed by atoms with E-state index < -0.39 is 0 Å². The lowest BCUT2D eigenvalue weighted by molar-refractivity contribution is 0.979. The Bertz CT molecular complexity index is 213. The monoisotopic (exact) mass is 163 g/mol. The summed E-state index contributed by atoms with van der Waals surface area (Å²) in [6.07, 6.45) is 2.30. The predicted molar refractivity (Wildman–Crippen MR) is 54.6 cm³/mol. The molecule has 0 heterocycles. The highest BCUT2D eigenvalue weighted by Crippen LogP contribution is 2.09. The lowest BCUT2D eigenvalue weighted by Crippen LogP contribution is -1.99. The Morgan fingerprint density at radius 3 is 2.25 bits per heavy atom. The second-order valence-electron chi connectivity index (χ2n) is 2.98. The molecule has 12 heavy (non-hydrogen) atoms. The zero-order valence-electron chi connectivity index (χ0n) is 7.93. The molecule has 1 heteroatoms. The van der Waals surface area contributed by atoms with E-state index >= 15 is 0 Å². The largest absolute Gasteiger partial charge is 0.385 e. The van der Waals surface area contributed by atoms with Crippen molar-refractivity contribution < 1.29 is 0 Å². The molecule has 0 aliphatic carbocycles. The summed E-state index contributed by atoms with van der Waals surface area (Å²) >= 11 is 0. The number of aryl methyl sites for hydroxylation is 1. The molecule has 0 unspecified atom stereocenters. The van der Waals surface area contributed by atoms with E-state index in [9.17, 15) is 0 Å². The Balaban J connectivity index is 2.53. The first-order chi connectivity index (χ1) is 5.86. The van der Waals surface area contributed by atoms with Crippen molar-refractivity contribution in [3.8, 4) is 0 Å². The van der Waals surface area contributed by atoms with Gasteiger partial charge in [-0.15, -0.1) is 0 Å². The Labute approximate surface area is 74.8 Å². The van der Waals surface area contributed by atoms with Gasteiger partial charge in [0.05, 0.1) is 0 Å². The number of anilines is 1. The topological polar surface area (TPSA) is 12.0 Å². The van der Waals surface area contributed by atoms with Crippen LogP contribution in [-0.2, 0) is 6.42 Å². The molecule has 0 bridgehead atoms. The van der Waals surface area contributed by atoms with E-state index in [-0.39, 0.29) is 0 Å². The molecular weight excluding hydrogens is 146 g/mol. The van der Waals surface area contributed by atoms with Crippen LogP contribution in [0.15, 0.2) is 24.3 Å². The molecule has 1 N–H and O–H groups in total. The third kappa shape index (κ3) is 2.57. The quantitative estimate of drug-likeness (QED) is 0.719. The van der Waals surface area contributed by atoms with Gasteiger partial charge in [0.15, 0.2) is 0 Å². The van der Waals surface area contributed by atoms with Crippen molar-refractivity contribution in [2.24, 2.45) is 0 Å². The first-order valence-corrected chi connectivity index (χ1v) is 4.69. The van der Waals surface area contributed by atoms with Crippen molar-refractivity contribution in [1.82, 2.24) is 0 Å². The number of hydrogen-bond donors (Lipinski definition) is 1. The number of hydrogen-bond acceptors (Lipinski definition) is 1. The van der Waals surface area contributed by atoms with Crippen LogP contribution in [0.1, 0.15) is 25.8 Å². The molecule has 0 aliphatic rings. The SMILES string of the molecule is CCCNc1ccc(CC)cc1. The molecule has 1 aromatic rings. The van der Waals surface area contributed by atoms with Gasteiger partial charge in [0.1, 0.15) is 0 Å². The second-order valence-corrected chi connectivity index (χ2v) is 2.98. The second kappa shape index (κ2) is 4.81. The van der Waals surface area contributed by atoms with Crippen molar-refractivity contribution >= 4 is 5.69 Å². The highest BCUT2D eigenvalue weighted by Gasteiger charge is 1.90. The predicted octanol–water partition coefficient (Wildman–Crippen LogP) is 3.07. The Morgan fingerprint density at radius 2 is 1.75 bits per heavy atom. The standard InChI is InChI=1S/C11H17N/c1-3-9-12-11-7-5-10(4-2)6-8-11/h5-8,12H,3-4,9H2,1-2H3. The average Bonchev–Trinajstić information content (AvgIpc) is 2.15. The molecule has 1 aromatic carbocycles. The van der Waals surface area contributed by atoms with E-state index in [1.165, 1.54) is 17.7 Å². The van der Waals surface area contributed by atoms with Gasteiger partial charge in [-0.05, 0) is 30.5 Å². The van der Waals surface area contributed by atoms with Gasteiger partial charge < -0.3 is 5.32 Å². The molecule has 0 aromatic heterocycles. The van der Waals surface area contributed by atoms with Crippen LogP contribution in [0.5, 0.6) is 0 Å². The Kier molecular flexibility index (Phi) is 3.65. The molecule has 0 aliphatic heterocycles. The minimum atomic E-state index is 1.06. The number of nitrogens with one attached hydrogen (secondary N) is 1. The van der Waals surface area contributed by atoms with Crippen LogP contribution in [0, 0.1) is 0 Å². The lowest BCUT2D eigenvalue weighted by atomic mass is 10.1. The molecule has 0 saturated carbocycles. The zero-order valence-corrected chi connectivity index (χ0v) is 7.93. The van der Waals surface area contributed by atoms with Crippen molar-refractivity contribution in [2.75, 3.05) is 11.9 Å². The van der Waals surface area contributed by atoms with E-state index in [0.29, 0.717) is 0 Å². The molecule has 0 spiro atoms. The molecule has 0 fully saturated rings. The number of benzene rings is 1. The fourth-order valence-electron chi connectivity index (χ4n) is 1.13. The smallest absolute Gasteiger partial charge is 0.0340 e. The van der Waals surface area contributed by atoms with Gasteiger partial charge >= 0.3 is 0 Å². The molecule has 0 atom stereocenters. The maximum absolute atomic E-state index is 3.35. The lowest BCUT2D eigenvalue weighted by Gasteiger charge is -2.04. The molecular formula is C11H17N. The van der Waals surface area contributed by atoms with E-state index in [4.69, 9.17) is 0 Å². The summed E-state index contributed by atoms with van der Waals surface area (Å²) in [5.41, 5.74) is 2.63. The summed E-state index contributed by atoms with van der Waals surface area (Å²) in [6.45, 7) is 5.41. The Morgan fingerprint density at radius 1 is 1.08 bits per heavy atom. The highest BCUT2D eigenvalue weighted by molar-refractivity contribution is 5.44. The van der Waals surface area contributed by atoms with Crippen LogP contribution >= 0.6 is 0 Å². The van der Waals surface area contributed by atoms with Gasteiger partial charge in [-0.2, -0.15) is 0 Å². The molecule has 0 radical (unpaired) electrons. The van der Waals surface area contributed by atoms with Gasteiger partial charge in [0.2, 0.25) is 0 Å². The van der Waals surface area contributed by atoms with Crippen molar-refractivity contribution in [2.45, 2.75) is 26.7 Å². The molecule has 0 saturated heterocycles. The fraction of sp³-hybridized carbons (Fsp3) is 0.455. The maximum atomic E-state index is 3.35. The first-order valence-electron chi connectivity index (χ1n) is 4.69. The molecule has 0 amide bonds. The van der Waals surface area contributed by atoms with Crippen molar-refractivity contribution in [3.05, 3.63) is 29.8 Å². The minimum absolute atomic E-state index is 1.06. The zero-order chi connectivity index (χ0) is 8.81. The van der Waals surface area contributed by atoms with Crippen LogP contribution in [0.3, 0.4) is 0 Å². The van der Waals surface area contributed by atoms with Crippen LogP contribution in [0.25, 0.3) is 0 Å². The van der Waals surface area contributed by atoms with Gasteiger partial charge in [0, 0.05) is 12.2 Å². The maximum Gasteiger partial charge on any atom is 0.0340 e. The van der Waals surface area contributed by atoms with Crippen LogP contribution in [-0.4, -0.2) is 6.54 Å². The van der Waals surface area contributed by atoms with Crippen molar-refractivity contribution in [1.29, 1.82) is 0 Å². The third-order valence-corrected chi connectivity index (χ3v) is 1.94. The van der Waals surface area contributed by atoms with Gasteiger partial charge in [-0.1, -0.05) is 26.0 Å². The summed E-state index contributed by atoms with van der Waals surface area (Å²) < 4.78 is 0. The normalized spacial score (nSPS) is 9.83. The highest BCUT2D eigenvalue weighted by atomic mass is 14.9. The van der Waals surface area contributed by atoms with Gasteiger partial charge in [-0.25, -0.2) is 0 Å². The summed E-state index contributed by atoms with van der Waals surface area (Å²) in [7, 11) is 0. The van der Waals surface area contributed by atoms with Crippen LogP contribution < -0.4 is 5.32 Å². The molecule has 66 valence electrons. The average molecular weight is 163 g/mol. The van der Waals surface area contributed by atoms with Crippen LogP contribution in [0.4, 0.5) is 5.69 Å². The van der Waals surface area contributed by atoms with E-state index in [1.807, 2.05) is 0 Å². The van der Waals surface area contributed by atoms with E-state index in [1.54, 1.807) is 0 Å². The van der Waals surface area contributed by atoms with Crippen LogP contribution in [0.2, 0.25) is 0 Å². The minimum Gasteiger partial charge on any atom is -0.385 e. The first kappa shape index (κ1) is 9.11.